The van der Waals surface area contributed by atoms with Gasteiger partial charge < -0.3 is 20.4 Å². The monoisotopic (exact) mass is 430 g/mol. The second-order valence-corrected chi connectivity index (χ2v) is 8.64. The molecule has 0 spiro atoms. The Bertz CT molecular complexity index is 1000. The number of phenols is 4. The maximum atomic E-state index is 12.2. The molecule has 0 bridgehead atoms. The van der Waals surface area contributed by atoms with Gasteiger partial charge in [-0.05, 0) is 42.7 Å². The van der Waals surface area contributed by atoms with Crippen molar-refractivity contribution in [2.45, 2.75) is 42.4 Å². The van der Waals surface area contributed by atoms with Gasteiger partial charge in [0.15, 0.2) is 0 Å². The van der Waals surface area contributed by atoms with Gasteiger partial charge in [0, 0.05) is 12.1 Å². The molecule has 0 aromatic heterocycles. The average molecular weight is 431 g/mol. The van der Waals surface area contributed by atoms with Crippen molar-refractivity contribution in [3.8, 4) is 23.0 Å². The normalized spacial score (nSPS) is 10.8. The third kappa shape index (κ3) is 6.15. The van der Waals surface area contributed by atoms with Crippen LogP contribution in [0.25, 0.3) is 0 Å². The van der Waals surface area contributed by atoms with Crippen LogP contribution in [0.1, 0.15) is 31.7 Å². The van der Waals surface area contributed by atoms with E-state index in [1.807, 2.05) is 0 Å². The highest BCUT2D eigenvalue weighted by molar-refractivity contribution is 7.91. The summed E-state index contributed by atoms with van der Waals surface area (Å²) < 4.78 is 24.5. The molecule has 0 aliphatic carbocycles. The second kappa shape index (κ2) is 10.5. The quantitative estimate of drug-likeness (QED) is 0.331. The minimum absolute atomic E-state index is 0.351. The van der Waals surface area contributed by atoms with E-state index < -0.39 is 31.1 Å². The topological polar surface area (TPSA) is 115 Å². The summed E-state index contributed by atoms with van der Waals surface area (Å²) in [7, 11) is -4.27. The lowest BCUT2D eigenvalue weighted by Crippen LogP contribution is -2.02. The third-order valence-corrected chi connectivity index (χ3v) is 6.19. The largest absolute Gasteiger partial charge is 0.508 e. The lowest BCUT2D eigenvalue weighted by molar-refractivity contribution is 0.439. The zero-order valence-electron chi connectivity index (χ0n) is 16.7. The van der Waals surface area contributed by atoms with Gasteiger partial charge in [0.25, 0.3) is 0 Å². The Morgan fingerprint density at radius 3 is 1.67 bits per heavy atom. The SMILES string of the molecule is CCCCCc1ccccc1.O=S(=O)(c1cc(O)ccc1O)c1cc(O)ccc1O. The van der Waals surface area contributed by atoms with E-state index in [4.69, 9.17) is 0 Å². The molecule has 30 heavy (non-hydrogen) atoms. The van der Waals surface area contributed by atoms with Crippen molar-refractivity contribution < 1.29 is 28.8 Å². The number of phenolic OH excluding ortho intramolecular Hbond substituents is 4. The highest BCUT2D eigenvalue weighted by Crippen LogP contribution is 2.36. The van der Waals surface area contributed by atoms with Crippen molar-refractivity contribution in [3.63, 3.8) is 0 Å². The molecule has 0 amide bonds. The Hall–Kier alpha value is -3.19. The van der Waals surface area contributed by atoms with Crippen LogP contribution in [0.5, 0.6) is 23.0 Å². The molecule has 6 nitrogen and oxygen atoms in total. The standard InChI is InChI=1S/C12H10O6S.C11H16/c13-7-1-3-9(15)11(5-7)19(17,18)12-6-8(14)2-4-10(12)16;1-2-3-5-8-11-9-6-4-7-10-11/h1-6,13-16H;4,6-7,9-10H,2-3,5,8H2,1H3. The van der Waals surface area contributed by atoms with Crippen LogP contribution < -0.4 is 0 Å². The van der Waals surface area contributed by atoms with Gasteiger partial charge in [-0.2, -0.15) is 0 Å². The number of hydrogen-bond acceptors (Lipinski definition) is 6. The maximum Gasteiger partial charge on any atom is 0.214 e. The molecule has 0 atom stereocenters. The van der Waals surface area contributed by atoms with E-state index in [1.54, 1.807) is 0 Å². The van der Waals surface area contributed by atoms with Gasteiger partial charge in [0.05, 0.1) is 0 Å². The number of unbranched alkanes of at least 4 members (excludes halogenated alkanes) is 2. The Kier molecular flexibility index (Phi) is 8.12. The van der Waals surface area contributed by atoms with Crippen LogP contribution in [-0.2, 0) is 16.3 Å². The Labute approximate surface area is 176 Å². The lowest BCUT2D eigenvalue weighted by Gasteiger charge is -2.09. The highest BCUT2D eigenvalue weighted by Gasteiger charge is 2.25. The molecule has 3 rings (SSSR count). The Balaban J connectivity index is 0.000000248. The summed E-state index contributed by atoms with van der Waals surface area (Å²) in [6.07, 6.45) is 5.25. The summed E-state index contributed by atoms with van der Waals surface area (Å²) in [5.41, 5.74) is 1.47. The molecular formula is C23H26O6S. The number of benzene rings is 3. The van der Waals surface area contributed by atoms with Crippen molar-refractivity contribution in [2.75, 3.05) is 0 Å². The van der Waals surface area contributed by atoms with Crippen LogP contribution in [0.2, 0.25) is 0 Å². The first-order chi connectivity index (χ1) is 14.3. The van der Waals surface area contributed by atoms with Crippen LogP contribution in [0, 0.1) is 0 Å². The Morgan fingerprint density at radius 1 is 0.700 bits per heavy atom. The molecule has 0 heterocycles. The van der Waals surface area contributed by atoms with Crippen molar-refractivity contribution in [2.24, 2.45) is 0 Å². The van der Waals surface area contributed by atoms with Crippen LogP contribution in [0.3, 0.4) is 0 Å². The minimum Gasteiger partial charge on any atom is -0.508 e. The minimum atomic E-state index is -4.27. The zero-order valence-corrected chi connectivity index (χ0v) is 17.5. The van der Waals surface area contributed by atoms with E-state index >= 15 is 0 Å². The number of rotatable bonds is 6. The average Bonchev–Trinajstić information content (AvgIpc) is 2.73. The summed E-state index contributed by atoms with van der Waals surface area (Å²) in [6.45, 7) is 2.24. The van der Waals surface area contributed by atoms with E-state index in [0.717, 1.165) is 36.4 Å². The van der Waals surface area contributed by atoms with Gasteiger partial charge in [0.2, 0.25) is 9.84 Å². The number of sulfone groups is 1. The van der Waals surface area contributed by atoms with Gasteiger partial charge in [-0.15, -0.1) is 0 Å². The van der Waals surface area contributed by atoms with Crippen molar-refractivity contribution in [1.82, 2.24) is 0 Å². The highest BCUT2D eigenvalue weighted by atomic mass is 32.2. The van der Waals surface area contributed by atoms with Gasteiger partial charge in [-0.1, -0.05) is 50.1 Å². The third-order valence-electron chi connectivity index (χ3n) is 4.38. The van der Waals surface area contributed by atoms with Gasteiger partial charge in [-0.25, -0.2) is 8.42 Å². The first-order valence-corrected chi connectivity index (χ1v) is 11.1. The van der Waals surface area contributed by atoms with Crippen molar-refractivity contribution in [1.29, 1.82) is 0 Å². The fourth-order valence-corrected chi connectivity index (χ4v) is 4.25. The molecule has 0 saturated heterocycles. The van der Waals surface area contributed by atoms with Crippen LogP contribution in [0.4, 0.5) is 0 Å². The molecule has 3 aromatic rings. The van der Waals surface area contributed by atoms with Crippen molar-refractivity contribution >= 4 is 9.84 Å². The van der Waals surface area contributed by atoms with Gasteiger partial charge in [-0.3, -0.25) is 0 Å². The first kappa shape index (κ1) is 23.1. The fraction of sp³-hybridized carbons (Fsp3) is 0.217. The summed E-state index contributed by atoms with van der Waals surface area (Å²) >= 11 is 0. The predicted molar refractivity (Wildman–Crippen MR) is 115 cm³/mol. The fourth-order valence-electron chi connectivity index (χ4n) is 2.78. The molecule has 4 N–H and O–H groups in total. The van der Waals surface area contributed by atoms with Crippen LogP contribution in [-0.4, -0.2) is 28.8 Å². The van der Waals surface area contributed by atoms with E-state index in [2.05, 4.69) is 37.3 Å². The molecule has 160 valence electrons. The molecule has 0 saturated carbocycles. The number of aryl methyl sites for hydroxylation is 1. The van der Waals surface area contributed by atoms with Crippen LogP contribution >= 0.6 is 0 Å². The first-order valence-electron chi connectivity index (χ1n) is 9.58. The summed E-state index contributed by atoms with van der Waals surface area (Å²) in [5.74, 6) is -1.84. The van der Waals surface area contributed by atoms with Gasteiger partial charge in [0.1, 0.15) is 32.8 Å². The molecule has 3 aromatic carbocycles. The van der Waals surface area contributed by atoms with E-state index in [-0.39, 0.29) is 11.5 Å². The van der Waals surface area contributed by atoms with Gasteiger partial charge >= 0.3 is 0 Å². The number of aromatic hydroxyl groups is 4. The molecule has 0 fully saturated rings. The molecule has 0 aliphatic heterocycles. The molecular weight excluding hydrogens is 404 g/mol. The summed E-state index contributed by atoms with van der Waals surface area (Å²) in [4.78, 5) is -1.12. The zero-order chi connectivity index (χ0) is 22.1. The van der Waals surface area contributed by atoms with Crippen LogP contribution in [0.15, 0.2) is 76.5 Å². The van der Waals surface area contributed by atoms with E-state index in [1.165, 1.54) is 31.2 Å². The summed E-state index contributed by atoms with van der Waals surface area (Å²) in [5, 5.41) is 37.7. The van der Waals surface area contributed by atoms with E-state index in [0.29, 0.717) is 0 Å². The molecule has 0 unspecified atom stereocenters. The molecule has 7 heteroatoms. The maximum absolute atomic E-state index is 12.2. The van der Waals surface area contributed by atoms with Crippen molar-refractivity contribution in [3.05, 3.63) is 72.3 Å². The number of hydrogen-bond donors (Lipinski definition) is 4. The predicted octanol–water partition coefficient (Wildman–Crippen LogP) is 4.76. The lowest BCUT2D eigenvalue weighted by atomic mass is 10.1. The Morgan fingerprint density at radius 2 is 1.20 bits per heavy atom. The van der Waals surface area contributed by atoms with E-state index in [9.17, 15) is 28.8 Å². The molecule has 0 aliphatic rings. The molecule has 0 radical (unpaired) electrons. The second-order valence-electron chi connectivity index (χ2n) is 6.75. The smallest absolute Gasteiger partial charge is 0.214 e. The summed E-state index contributed by atoms with van der Waals surface area (Å²) in [6, 6.07) is 16.7.